The van der Waals surface area contributed by atoms with Gasteiger partial charge in [0.1, 0.15) is 11.4 Å². The number of nitrogens with zero attached hydrogens (tertiary/aromatic N) is 3. The summed E-state index contributed by atoms with van der Waals surface area (Å²) < 4.78 is 5.13. The van der Waals surface area contributed by atoms with Gasteiger partial charge in [0.15, 0.2) is 0 Å². The van der Waals surface area contributed by atoms with E-state index in [0.717, 1.165) is 5.69 Å². The fourth-order valence-electron chi connectivity index (χ4n) is 1.26. The Morgan fingerprint density at radius 1 is 1.31 bits per heavy atom. The Kier molecular flexibility index (Phi) is 2.72. The summed E-state index contributed by atoms with van der Waals surface area (Å²) in [7, 11) is 0. The van der Waals surface area contributed by atoms with Crippen molar-refractivity contribution in [1.29, 1.82) is 0 Å². The van der Waals surface area contributed by atoms with Crippen molar-refractivity contribution in [1.82, 2.24) is 15.2 Å². The molecule has 16 heavy (non-hydrogen) atoms. The van der Waals surface area contributed by atoms with Crippen molar-refractivity contribution in [3.63, 3.8) is 0 Å². The first kappa shape index (κ1) is 10.4. The molecule has 0 aliphatic heterocycles. The van der Waals surface area contributed by atoms with Gasteiger partial charge >= 0.3 is 6.01 Å². The van der Waals surface area contributed by atoms with E-state index in [1.165, 1.54) is 0 Å². The lowest BCUT2D eigenvalue weighted by atomic mass is 10.3. The van der Waals surface area contributed by atoms with Crippen molar-refractivity contribution in [2.75, 3.05) is 5.32 Å². The van der Waals surface area contributed by atoms with E-state index >= 15 is 0 Å². The summed E-state index contributed by atoms with van der Waals surface area (Å²) in [4.78, 5) is 4.19. The fraction of sp³-hybridized carbons (Fsp3) is 0.300. The molecule has 84 valence electrons. The Labute approximate surface area is 92.3 Å². The van der Waals surface area contributed by atoms with Crippen molar-refractivity contribution in [3.05, 3.63) is 29.4 Å². The van der Waals surface area contributed by atoms with Crippen LogP contribution in [0, 0.1) is 13.8 Å². The van der Waals surface area contributed by atoms with Crippen LogP contribution in [0.3, 0.4) is 0 Å². The van der Waals surface area contributed by atoms with Crippen LogP contribution < -0.4 is 5.32 Å². The molecule has 0 saturated heterocycles. The lowest BCUT2D eigenvalue weighted by Gasteiger charge is -2.04. The molecule has 6 heteroatoms. The summed E-state index contributed by atoms with van der Waals surface area (Å²) in [6.45, 7) is 3.91. The number of aromatic nitrogens is 3. The second-order valence-electron chi connectivity index (χ2n) is 3.40. The maximum absolute atomic E-state index is 9.55. The minimum Gasteiger partial charge on any atom is -0.506 e. The second kappa shape index (κ2) is 4.18. The van der Waals surface area contributed by atoms with Crippen LogP contribution in [0.2, 0.25) is 0 Å². The third-order valence-electron chi connectivity index (χ3n) is 2.02. The molecular weight excluding hydrogens is 208 g/mol. The van der Waals surface area contributed by atoms with Crippen molar-refractivity contribution in [2.45, 2.75) is 20.4 Å². The maximum atomic E-state index is 9.55. The zero-order chi connectivity index (χ0) is 11.5. The summed E-state index contributed by atoms with van der Waals surface area (Å²) in [5.74, 6) is 0.637. The molecule has 6 nitrogen and oxygen atoms in total. The first-order valence-electron chi connectivity index (χ1n) is 4.84. The van der Waals surface area contributed by atoms with E-state index in [2.05, 4.69) is 20.5 Å². The van der Waals surface area contributed by atoms with E-state index in [4.69, 9.17) is 4.42 Å². The third kappa shape index (κ3) is 2.28. The van der Waals surface area contributed by atoms with Crippen molar-refractivity contribution in [3.8, 4) is 5.75 Å². The molecule has 0 saturated carbocycles. The predicted molar refractivity (Wildman–Crippen MR) is 57.0 cm³/mol. The highest BCUT2D eigenvalue weighted by Crippen LogP contribution is 2.16. The van der Waals surface area contributed by atoms with E-state index in [9.17, 15) is 5.11 Å². The number of rotatable bonds is 3. The van der Waals surface area contributed by atoms with Gasteiger partial charge in [-0.25, -0.2) is 0 Å². The van der Waals surface area contributed by atoms with Gasteiger partial charge in [0.2, 0.25) is 5.89 Å². The molecule has 0 unspecified atom stereocenters. The zero-order valence-electron chi connectivity index (χ0n) is 9.06. The van der Waals surface area contributed by atoms with Gasteiger partial charge in [0, 0.05) is 12.6 Å². The van der Waals surface area contributed by atoms with Gasteiger partial charge in [-0.05, 0) is 19.1 Å². The lowest BCUT2D eigenvalue weighted by Crippen LogP contribution is -2.03. The maximum Gasteiger partial charge on any atom is 0.315 e. The molecule has 0 radical (unpaired) electrons. The first-order chi connectivity index (χ1) is 7.65. The minimum absolute atomic E-state index is 0.148. The number of aryl methyl sites for hydroxylation is 2. The number of anilines is 1. The highest BCUT2D eigenvalue weighted by Gasteiger charge is 2.05. The number of aromatic hydroxyl groups is 1. The highest BCUT2D eigenvalue weighted by atomic mass is 16.4. The van der Waals surface area contributed by atoms with Crippen molar-refractivity contribution < 1.29 is 9.52 Å². The number of hydrogen-bond donors (Lipinski definition) is 2. The molecule has 0 bridgehead atoms. The van der Waals surface area contributed by atoms with Gasteiger partial charge in [-0.1, -0.05) is 5.10 Å². The van der Waals surface area contributed by atoms with Gasteiger partial charge in [-0.3, -0.25) is 4.98 Å². The van der Waals surface area contributed by atoms with Crippen LogP contribution in [-0.2, 0) is 6.54 Å². The Balaban J connectivity index is 2.07. The number of pyridine rings is 1. The van der Waals surface area contributed by atoms with Crippen molar-refractivity contribution >= 4 is 6.01 Å². The number of nitrogens with one attached hydrogen (secondary N) is 1. The Hall–Kier alpha value is -2.11. The van der Waals surface area contributed by atoms with Crippen molar-refractivity contribution in [2.24, 2.45) is 0 Å². The van der Waals surface area contributed by atoms with Crippen LogP contribution in [0.1, 0.15) is 17.3 Å². The van der Waals surface area contributed by atoms with Gasteiger partial charge < -0.3 is 14.8 Å². The van der Waals surface area contributed by atoms with Gasteiger partial charge in [0.25, 0.3) is 0 Å². The fourth-order valence-corrected chi connectivity index (χ4v) is 1.26. The minimum atomic E-state index is 0.148. The van der Waals surface area contributed by atoms with Crippen LogP contribution in [0.4, 0.5) is 6.01 Å². The molecule has 0 amide bonds. The average Bonchev–Trinajstić information content (AvgIpc) is 2.66. The molecule has 2 aromatic heterocycles. The molecule has 0 fully saturated rings. The molecule has 2 N–H and O–H groups in total. The van der Waals surface area contributed by atoms with E-state index in [1.54, 1.807) is 19.1 Å². The summed E-state index contributed by atoms with van der Waals surface area (Å²) in [5.41, 5.74) is 1.40. The Morgan fingerprint density at radius 3 is 2.81 bits per heavy atom. The largest absolute Gasteiger partial charge is 0.506 e. The monoisotopic (exact) mass is 220 g/mol. The van der Waals surface area contributed by atoms with E-state index in [-0.39, 0.29) is 5.75 Å². The second-order valence-corrected chi connectivity index (χ2v) is 3.40. The molecule has 0 spiro atoms. The van der Waals surface area contributed by atoms with E-state index in [0.29, 0.717) is 24.1 Å². The molecule has 2 aromatic rings. The van der Waals surface area contributed by atoms with E-state index < -0.39 is 0 Å². The standard InChI is InChI=1S/C10H12N4O2/c1-6-3-4-9(15)8(12-6)5-11-10-14-13-7(2)16-10/h3-4,15H,5H2,1-2H3,(H,11,14). The van der Waals surface area contributed by atoms with E-state index in [1.807, 2.05) is 6.92 Å². The van der Waals surface area contributed by atoms with Crippen LogP contribution in [0.25, 0.3) is 0 Å². The topological polar surface area (TPSA) is 84.1 Å². The molecule has 2 rings (SSSR count). The zero-order valence-corrected chi connectivity index (χ0v) is 9.06. The lowest BCUT2D eigenvalue weighted by molar-refractivity contribution is 0.464. The van der Waals surface area contributed by atoms with Crippen LogP contribution in [-0.4, -0.2) is 20.3 Å². The van der Waals surface area contributed by atoms with Gasteiger partial charge in [0.05, 0.1) is 6.54 Å². The normalized spacial score (nSPS) is 10.4. The molecule has 2 heterocycles. The number of hydrogen-bond acceptors (Lipinski definition) is 6. The molecular formula is C10H12N4O2. The van der Waals surface area contributed by atoms with Gasteiger partial charge in [-0.2, -0.15) is 0 Å². The SMILES string of the molecule is Cc1ccc(O)c(CNc2nnc(C)o2)n1. The van der Waals surface area contributed by atoms with Crippen LogP contribution in [0.15, 0.2) is 16.5 Å². The van der Waals surface area contributed by atoms with Gasteiger partial charge in [-0.15, -0.1) is 5.10 Å². The van der Waals surface area contributed by atoms with Crippen LogP contribution >= 0.6 is 0 Å². The highest BCUT2D eigenvalue weighted by molar-refractivity contribution is 5.30. The molecule has 0 aliphatic carbocycles. The third-order valence-corrected chi connectivity index (χ3v) is 2.02. The smallest absolute Gasteiger partial charge is 0.315 e. The first-order valence-corrected chi connectivity index (χ1v) is 4.84. The Morgan fingerprint density at radius 2 is 2.12 bits per heavy atom. The molecule has 0 atom stereocenters. The van der Waals surface area contributed by atoms with Crippen LogP contribution in [0.5, 0.6) is 5.75 Å². The summed E-state index contributed by atoms with van der Waals surface area (Å²) in [5, 5.41) is 19.9. The molecule has 0 aliphatic rings. The quantitative estimate of drug-likeness (QED) is 0.813. The predicted octanol–water partition coefficient (Wildman–Crippen LogP) is 1.40. The summed E-state index contributed by atoms with van der Waals surface area (Å²) in [6, 6.07) is 3.67. The summed E-state index contributed by atoms with van der Waals surface area (Å²) in [6.07, 6.45) is 0. The Bertz CT molecular complexity index is 495. The average molecular weight is 220 g/mol. The summed E-state index contributed by atoms with van der Waals surface area (Å²) >= 11 is 0. The molecule has 0 aromatic carbocycles.